The lowest BCUT2D eigenvalue weighted by molar-refractivity contribution is -0.150. The lowest BCUT2D eigenvalue weighted by Gasteiger charge is -2.33. The number of nitrogens with one attached hydrogen (secondary N) is 1. The molecule has 0 aromatic heterocycles. The van der Waals surface area contributed by atoms with Gasteiger partial charge in [-0.2, -0.15) is 0 Å². The molecule has 2 aliphatic heterocycles. The fraction of sp³-hybridized carbons (Fsp3) is 0.846. The number of carbonyl (C=O) groups is 2. The van der Waals surface area contributed by atoms with Crippen molar-refractivity contribution in [2.24, 2.45) is 5.92 Å². The summed E-state index contributed by atoms with van der Waals surface area (Å²) in [6.45, 7) is 0.864. The van der Waals surface area contributed by atoms with E-state index in [0.29, 0.717) is 11.7 Å². The quantitative estimate of drug-likeness (QED) is 0.805. The van der Waals surface area contributed by atoms with Crippen LogP contribution in [0.15, 0.2) is 0 Å². The number of hydrogen-bond donors (Lipinski definition) is 2. The fourth-order valence-electron chi connectivity index (χ4n) is 2.98. The van der Waals surface area contributed by atoms with Crippen molar-refractivity contribution in [1.82, 2.24) is 10.2 Å². The SMILES string of the molecule is O=C(O)C1CSC(C2CC2)N1C(=O)[C@H]1CCCCN1. The Morgan fingerprint density at radius 3 is 2.58 bits per heavy atom. The molecule has 3 aliphatic rings. The Morgan fingerprint density at radius 1 is 1.21 bits per heavy atom. The van der Waals surface area contributed by atoms with E-state index >= 15 is 0 Å². The van der Waals surface area contributed by atoms with Crippen LogP contribution in [0.4, 0.5) is 0 Å². The zero-order valence-electron chi connectivity index (χ0n) is 10.9. The molecule has 106 valence electrons. The van der Waals surface area contributed by atoms with Gasteiger partial charge in [-0.15, -0.1) is 11.8 Å². The Bertz CT molecular complexity index is 380. The van der Waals surface area contributed by atoms with E-state index in [-0.39, 0.29) is 17.3 Å². The lowest BCUT2D eigenvalue weighted by atomic mass is 10.0. The molecule has 1 aliphatic carbocycles. The maximum atomic E-state index is 12.6. The maximum absolute atomic E-state index is 12.6. The molecular formula is C13H20N2O3S. The van der Waals surface area contributed by atoms with E-state index in [4.69, 9.17) is 0 Å². The molecule has 3 rings (SSSR count). The van der Waals surface area contributed by atoms with Gasteiger partial charge in [-0.25, -0.2) is 4.79 Å². The highest BCUT2D eigenvalue weighted by Gasteiger charge is 2.49. The average Bonchev–Trinajstić information content (AvgIpc) is 3.17. The van der Waals surface area contributed by atoms with Gasteiger partial charge in [0.25, 0.3) is 0 Å². The Hall–Kier alpha value is -0.750. The standard InChI is InChI=1S/C13H20N2O3S/c16-11(9-3-1-2-6-14-9)15-10(13(17)18)7-19-12(15)8-4-5-8/h8-10,12,14H,1-7H2,(H,17,18)/t9-,10?,12?/m1/s1. The molecule has 2 N–H and O–H groups in total. The van der Waals surface area contributed by atoms with Gasteiger partial charge >= 0.3 is 5.97 Å². The number of carboxylic acids is 1. The van der Waals surface area contributed by atoms with Gasteiger partial charge in [-0.3, -0.25) is 4.79 Å². The third-order valence-corrected chi connectivity index (χ3v) is 5.67. The summed E-state index contributed by atoms with van der Waals surface area (Å²) in [5, 5.41) is 12.7. The minimum atomic E-state index is -0.861. The molecule has 0 bridgehead atoms. The zero-order chi connectivity index (χ0) is 13.4. The number of amides is 1. The summed E-state index contributed by atoms with van der Waals surface area (Å²) in [6, 6.07) is -0.803. The predicted molar refractivity (Wildman–Crippen MR) is 72.9 cm³/mol. The minimum absolute atomic E-state index is 0.00833. The van der Waals surface area contributed by atoms with Crippen molar-refractivity contribution in [3.05, 3.63) is 0 Å². The summed E-state index contributed by atoms with van der Waals surface area (Å²) in [6.07, 6.45) is 5.25. The Morgan fingerprint density at radius 2 is 2.00 bits per heavy atom. The summed E-state index contributed by atoms with van der Waals surface area (Å²) in [7, 11) is 0. The van der Waals surface area contributed by atoms with E-state index in [9.17, 15) is 14.7 Å². The number of piperidine rings is 1. The third kappa shape index (κ3) is 2.60. The van der Waals surface area contributed by atoms with Crippen molar-refractivity contribution < 1.29 is 14.7 Å². The second-order valence-electron chi connectivity index (χ2n) is 5.66. The van der Waals surface area contributed by atoms with Crippen LogP contribution >= 0.6 is 11.8 Å². The molecular weight excluding hydrogens is 264 g/mol. The third-order valence-electron chi connectivity index (χ3n) is 4.21. The number of thioether (sulfide) groups is 1. The van der Waals surface area contributed by atoms with Crippen LogP contribution in [0.5, 0.6) is 0 Å². The molecule has 1 amide bonds. The number of rotatable bonds is 3. The van der Waals surface area contributed by atoms with Gasteiger partial charge < -0.3 is 15.3 Å². The van der Waals surface area contributed by atoms with E-state index < -0.39 is 12.0 Å². The van der Waals surface area contributed by atoms with Crippen LogP contribution < -0.4 is 5.32 Å². The smallest absolute Gasteiger partial charge is 0.327 e. The molecule has 3 atom stereocenters. The first-order valence-electron chi connectivity index (χ1n) is 7.08. The molecule has 2 saturated heterocycles. The van der Waals surface area contributed by atoms with Gasteiger partial charge in [0.05, 0.1) is 11.4 Å². The molecule has 0 spiro atoms. The molecule has 0 aromatic carbocycles. The van der Waals surface area contributed by atoms with E-state index in [1.165, 1.54) is 0 Å². The van der Waals surface area contributed by atoms with Crippen LogP contribution in [-0.4, -0.2) is 51.6 Å². The van der Waals surface area contributed by atoms with Crippen LogP contribution in [0.2, 0.25) is 0 Å². The number of aliphatic carboxylic acids is 1. The minimum Gasteiger partial charge on any atom is -0.480 e. The number of carbonyl (C=O) groups excluding carboxylic acids is 1. The van der Waals surface area contributed by atoms with Crippen LogP contribution in [0.3, 0.4) is 0 Å². The van der Waals surface area contributed by atoms with Crippen molar-refractivity contribution in [1.29, 1.82) is 0 Å². The first-order valence-corrected chi connectivity index (χ1v) is 8.13. The Labute approximate surface area is 117 Å². The van der Waals surface area contributed by atoms with Gasteiger partial charge in [-0.1, -0.05) is 6.42 Å². The molecule has 6 heteroatoms. The average molecular weight is 284 g/mol. The highest BCUT2D eigenvalue weighted by Crippen LogP contribution is 2.45. The van der Waals surface area contributed by atoms with E-state index in [1.807, 2.05) is 0 Å². The molecule has 3 fully saturated rings. The van der Waals surface area contributed by atoms with Gasteiger partial charge in [0.2, 0.25) is 5.91 Å². The largest absolute Gasteiger partial charge is 0.480 e. The van der Waals surface area contributed by atoms with Gasteiger partial charge in [0.1, 0.15) is 6.04 Å². The summed E-state index contributed by atoms with van der Waals surface area (Å²) < 4.78 is 0. The summed E-state index contributed by atoms with van der Waals surface area (Å²) in [5.74, 6) is 0.199. The van der Waals surface area contributed by atoms with Crippen LogP contribution in [0.25, 0.3) is 0 Å². The van der Waals surface area contributed by atoms with Gasteiger partial charge in [0.15, 0.2) is 0 Å². The number of carboxylic acid groups (broad SMARTS) is 1. The van der Waals surface area contributed by atoms with Crippen molar-refractivity contribution in [3.8, 4) is 0 Å². The van der Waals surface area contributed by atoms with Gasteiger partial charge in [0, 0.05) is 5.75 Å². The maximum Gasteiger partial charge on any atom is 0.327 e. The van der Waals surface area contributed by atoms with Gasteiger partial charge in [-0.05, 0) is 38.1 Å². The highest BCUT2D eigenvalue weighted by atomic mass is 32.2. The molecule has 2 unspecified atom stereocenters. The van der Waals surface area contributed by atoms with Crippen LogP contribution in [0, 0.1) is 5.92 Å². The number of nitrogens with zero attached hydrogens (tertiary/aromatic N) is 1. The number of hydrogen-bond acceptors (Lipinski definition) is 4. The fourth-order valence-corrected chi connectivity index (χ4v) is 4.62. The predicted octanol–water partition coefficient (Wildman–Crippen LogP) is 0.893. The first-order chi connectivity index (χ1) is 9.18. The Balaban J connectivity index is 1.76. The molecule has 0 aromatic rings. The van der Waals surface area contributed by atoms with E-state index in [0.717, 1.165) is 38.6 Å². The topological polar surface area (TPSA) is 69.6 Å². The molecule has 0 radical (unpaired) electrons. The van der Waals surface area contributed by atoms with Crippen molar-refractivity contribution >= 4 is 23.6 Å². The zero-order valence-corrected chi connectivity index (χ0v) is 11.7. The molecule has 2 heterocycles. The normalized spacial score (nSPS) is 35.4. The van der Waals surface area contributed by atoms with E-state index in [2.05, 4.69) is 5.32 Å². The second-order valence-corrected chi connectivity index (χ2v) is 6.81. The molecule has 5 nitrogen and oxygen atoms in total. The first kappa shape index (κ1) is 13.2. The van der Waals surface area contributed by atoms with Crippen molar-refractivity contribution in [3.63, 3.8) is 0 Å². The highest BCUT2D eigenvalue weighted by molar-refractivity contribution is 8.00. The molecule has 1 saturated carbocycles. The monoisotopic (exact) mass is 284 g/mol. The van der Waals surface area contributed by atoms with Crippen LogP contribution in [-0.2, 0) is 9.59 Å². The summed E-state index contributed by atoms with van der Waals surface area (Å²) >= 11 is 1.65. The lowest BCUT2D eigenvalue weighted by Crippen LogP contribution is -2.54. The summed E-state index contributed by atoms with van der Waals surface area (Å²) in [5.41, 5.74) is 0. The van der Waals surface area contributed by atoms with Crippen LogP contribution in [0.1, 0.15) is 32.1 Å². The van der Waals surface area contributed by atoms with Crippen molar-refractivity contribution in [2.45, 2.75) is 49.6 Å². The summed E-state index contributed by atoms with van der Waals surface area (Å²) in [4.78, 5) is 25.7. The second kappa shape index (κ2) is 5.32. The van der Waals surface area contributed by atoms with E-state index in [1.54, 1.807) is 16.7 Å². The Kier molecular flexibility index (Phi) is 3.71. The van der Waals surface area contributed by atoms with Crippen molar-refractivity contribution in [2.75, 3.05) is 12.3 Å². The molecule has 19 heavy (non-hydrogen) atoms.